The first-order valence-corrected chi connectivity index (χ1v) is 5.35. The molecule has 14 heavy (non-hydrogen) atoms. The Morgan fingerprint density at radius 2 is 2.43 bits per heavy atom. The molecule has 3 heteroatoms. The Morgan fingerprint density at radius 3 is 3.00 bits per heavy atom. The molecular weight excluding hydrogens is 174 g/mol. The molecule has 2 atom stereocenters. The van der Waals surface area contributed by atoms with Crippen LogP contribution in [0.5, 0.6) is 0 Å². The second kappa shape index (κ2) is 4.15. The van der Waals surface area contributed by atoms with Crippen molar-refractivity contribution in [1.29, 1.82) is 0 Å². The Labute approximate surface area is 85.5 Å². The van der Waals surface area contributed by atoms with Crippen LogP contribution in [0.2, 0.25) is 0 Å². The number of H-pyrrole nitrogens is 1. The van der Waals surface area contributed by atoms with Gasteiger partial charge in [-0.1, -0.05) is 0 Å². The average molecular weight is 193 g/mol. The normalized spacial score (nSPS) is 24.4. The molecule has 1 aliphatic rings. The summed E-state index contributed by atoms with van der Waals surface area (Å²) < 4.78 is 0. The minimum Gasteiger partial charge on any atom is -0.364 e. The first-order chi connectivity index (χ1) is 6.79. The van der Waals surface area contributed by atoms with Gasteiger partial charge in [-0.2, -0.15) is 0 Å². The van der Waals surface area contributed by atoms with Gasteiger partial charge in [-0.05, 0) is 39.1 Å². The van der Waals surface area contributed by atoms with Crippen LogP contribution >= 0.6 is 0 Å². The fourth-order valence-corrected chi connectivity index (χ4v) is 2.13. The second-order valence-electron chi connectivity index (χ2n) is 4.11. The molecule has 0 amide bonds. The summed E-state index contributed by atoms with van der Waals surface area (Å²) in [6, 6.07) is 5.39. The van der Waals surface area contributed by atoms with Gasteiger partial charge in [-0.25, -0.2) is 0 Å². The van der Waals surface area contributed by atoms with Crippen LogP contribution in [0.15, 0.2) is 18.3 Å². The van der Waals surface area contributed by atoms with E-state index in [1.165, 1.54) is 12.1 Å². The number of hydrogen-bond donors (Lipinski definition) is 2. The summed E-state index contributed by atoms with van der Waals surface area (Å²) in [5.41, 5.74) is 1.31. The smallest absolute Gasteiger partial charge is 0.0470 e. The average Bonchev–Trinajstić information content (AvgIpc) is 2.87. The van der Waals surface area contributed by atoms with Gasteiger partial charge in [0.1, 0.15) is 0 Å². The molecule has 1 aromatic heterocycles. The monoisotopic (exact) mass is 193 g/mol. The lowest BCUT2D eigenvalue weighted by atomic mass is 10.1. The number of nitrogens with zero attached hydrogens (tertiary/aromatic N) is 1. The SMILES string of the molecule is CC(c1ccc[nH]1)N(C)[C@H]1CCNC1. The Bertz CT molecular complexity index is 262. The minimum atomic E-state index is 0.481. The molecule has 1 saturated heterocycles. The third kappa shape index (κ3) is 1.83. The summed E-state index contributed by atoms with van der Waals surface area (Å²) in [6.45, 7) is 4.54. The number of rotatable bonds is 3. The molecule has 1 aromatic rings. The van der Waals surface area contributed by atoms with Crippen molar-refractivity contribution >= 4 is 0 Å². The standard InChI is InChI=1S/C11H19N3/c1-9(11-4-3-6-13-11)14(2)10-5-7-12-8-10/h3-4,6,9-10,12-13H,5,7-8H2,1-2H3/t9?,10-/m0/s1. The maximum Gasteiger partial charge on any atom is 0.0470 e. The lowest BCUT2D eigenvalue weighted by Gasteiger charge is -2.29. The van der Waals surface area contributed by atoms with Crippen molar-refractivity contribution < 1.29 is 0 Å². The van der Waals surface area contributed by atoms with Gasteiger partial charge in [-0.3, -0.25) is 4.90 Å². The quantitative estimate of drug-likeness (QED) is 0.759. The Kier molecular flexibility index (Phi) is 2.89. The van der Waals surface area contributed by atoms with E-state index in [9.17, 15) is 0 Å². The van der Waals surface area contributed by atoms with Crippen molar-refractivity contribution in [3.05, 3.63) is 24.0 Å². The van der Waals surface area contributed by atoms with E-state index in [1.807, 2.05) is 6.20 Å². The molecule has 0 spiro atoms. The van der Waals surface area contributed by atoms with Gasteiger partial charge in [0.15, 0.2) is 0 Å². The second-order valence-corrected chi connectivity index (χ2v) is 4.11. The molecule has 0 radical (unpaired) electrons. The van der Waals surface area contributed by atoms with E-state index in [4.69, 9.17) is 0 Å². The molecule has 2 rings (SSSR count). The molecule has 0 aliphatic carbocycles. The molecule has 0 aromatic carbocycles. The van der Waals surface area contributed by atoms with Gasteiger partial charge < -0.3 is 10.3 Å². The maximum atomic E-state index is 3.40. The predicted molar refractivity (Wildman–Crippen MR) is 58.2 cm³/mol. The van der Waals surface area contributed by atoms with Crippen molar-refractivity contribution in [2.45, 2.75) is 25.4 Å². The van der Waals surface area contributed by atoms with Gasteiger partial charge in [0.2, 0.25) is 0 Å². The number of aromatic nitrogens is 1. The fraction of sp³-hybridized carbons (Fsp3) is 0.636. The van der Waals surface area contributed by atoms with Gasteiger partial charge in [0, 0.05) is 30.5 Å². The number of likely N-dealkylation sites (N-methyl/N-ethyl adjacent to an activating group) is 1. The van der Waals surface area contributed by atoms with Crippen LogP contribution < -0.4 is 5.32 Å². The van der Waals surface area contributed by atoms with Crippen LogP contribution in [0.3, 0.4) is 0 Å². The largest absolute Gasteiger partial charge is 0.364 e. The lowest BCUT2D eigenvalue weighted by Crippen LogP contribution is -2.35. The van der Waals surface area contributed by atoms with Crippen LogP contribution in [0.4, 0.5) is 0 Å². The van der Waals surface area contributed by atoms with Crippen molar-refractivity contribution in [3.63, 3.8) is 0 Å². The first-order valence-electron chi connectivity index (χ1n) is 5.35. The topological polar surface area (TPSA) is 31.1 Å². The Hall–Kier alpha value is -0.800. The predicted octanol–water partition coefficient (Wildman–Crippen LogP) is 1.37. The minimum absolute atomic E-state index is 0.481. The lowest BCUT2D eigenvalue weighted by molar-refractivity contribution is 0.194. The van der Waals surface area contributed by atoms with E-state index in [2.05, 4.69) is 41.3 Å². The summed E-state index contributed by atoms with van der Waals surface area (Å²) in [5, 5.41) is 3.40. The molecular formula is C11H19N3. The molecule has 0 saturated carbocycles. The van der Waals surface area contributed by atoms with Gasteiger partial charge in [-0.15, -0.1) is 0 Å². The van der Waals surface area contributed by atoms with Gasteiger partial charge >= 0.3 is 0 Å². The van der Waals surface area contributed by atoms with Crippen molar-refractivity contribution in [2.24, 2.45) is 0 Å². The summed E-state index contributed by atoms with van der Waals surface area (Å²) in [5.74, 6) is 0. The van der Waals surface area contributed by atoms with E-state index < -0.39 is 0 Å². The molecule has 2 heterocycles. The van der Waals surface area contributed by atoms with Crippen LogP contribution in [0.25, 0.3) is 0 Å². The maximum absolute atomic E-state index is 3.40. The molecule has 3 nitrogen and oxygen atoms in total. The molecule has 1 aliphatic heterocycles. The third-order valence-electron chi connectivity index (χ3n) is 3.29. The van der Waals surface area contributed by atoms with E-state index in [0.717, 1.165) is 13.1 Å². The zero-order chi connectivity index (χ0) is 9.97. The van der Waals surface area contributed by atoms with Gasteiger partial charge in [0.05, 0.1) is 0 Å². The van der Waals surface area contributed by atoms with Crippen LogP contribution in [0, 0.1) is 0 Å². The highest BCUT2D eigenvalue weighted by molar-refractivity contribution is 5.08. The zero-order valence-corrected chi connectivity index (χ0v) is 8.96. The molecule has 0 bridgehead atoms. The van der Waals surface area contributed by atoms with Crippen LogP contribution in [-0.2, 0) is 0 Å². The van der Waals surface area contributed by atoms with Crippen molar-refractivity contribution in [2.75, 3.05) is 20.1 Å². The number of hydrogen-bond acceptors (Lipinski definition) is 2. The Balaban J connectivity index is 2.00. The van der Waals surface area contributed by atoms with Crippen molar-refractivity contribution in [1.82, 2.24) is 15.2 Å². The zero-order valence-electron chi connectivity index (χ0n) is 8.96. The summed E-state index contributed by atoms with van der Waals surface area (Å²) in [4.78, 5) is 5.73. The Morgan fingerprint density at radius 1 is 1.57 bits per heavy atom. The first kappa shape index (κ1) is 9.74. The van der Waals surface area contributed by atoms with E-state index in [0.29, 0.717) is 12.1 Å². The van der Waals surface area contributed by atoms with Crippen molar-refractivity contribution in [3.8, 4) is 0 Å². The van der Waals surface area contributed by atoms with Gasteiger partial charge in [0.25, 0.3) is 0 Å². The van der Waals surface area contributed by atoms with E-state index >= 15 is 0 Å². The van der Waals surface area contributed by atoms with E-state index in [-0.39, 0.29) is 0 Å². The molecule has 1 fully saturated rings. The van der Waals surface area contributed by atoms with Crippen LogP contribution in [-0.4, -0.2) is 36.1 Å². The summed E-state index contributed by atoms with van der Waals surface area (Å²) in [7, 11) is 2.21. The summed E-state index contributed by atoms with van der Waals surface area (Å²) >= 11 is 0. The fourth-order valence-electron chi connectivity index (χ4n) is 2.13. The van der Waals surface area contributed by atoms with Crippen LogP contribution in [0.1, 0.15) is 25.1 Å². The molecule has 1 unspecified atom stereocenters. The molecule has 78 valence electrons. The third-order valence-corrected chi connectivity index (χ3v) is 3.29. The molecule has 2 N–H and O–H groups in total. The highest BCUT2D eigenvalue weighted by Crippen LogP contribution is 2.21. The highest BCUT2D eigenvalue weighted by atomic mass is 15.2. The number of nitrogens with one attached hydrogen (secondary N) is 2. The van der Waals surface area contributed by atoms with E-state index in [1.54, 1.807) is 0 Å². The highest BCUT2D eigenvalue weighted by Gasteiger charge is 2.23. The summed E-state index contributed by atoms with van der Waals surface area (Å²) in [6.07, 6.45) is 3.26. The number of aromatic amines is 1.